The molecule has 0 bridgehead atoms. The van der Waals surface area contributed by atoms with Crippen LogP contribution in [0.15, 0.2) is 96.4 Å². The predicted molar refractivity (Wildman–Crippen MR) is 146 cm³/mol. The Hall–Kier alpha value is -4.15. The Morgan fingerprint density at radius 2 is 1.51 bits per heavy atom. The van der Waals surface area contributed by atoms with Crippen LogP contribution in [0.3, 0.4) is 0 Å². The minimum atomic E-state index is -3.94. The summed E-state index contributed by atoms with van der Waals surface area (Å²) in [5.41, 5.74) is 1.68. The first kappa shape index (κ1) is 27.9. The predicted octanol–water partition coefficient (Wildman–Crippen LogP) is 4.65. The third-order valence-corrected chi connectivity index (χ3v) is 7.12. The van der Waals surface area contributed by atoms with E-state index in [0.717, 1.165) is 11.1 Å². The molecule has 0 spiro atoms. The highest BCUT2D eigenvalue weighted by atomic mass is 32.2. The number of hydrogen-bond acceptors (Lipinski definition) is 8. The first-order valence-corrected chi connectivity index (χ1v) is 13.8. The van der Waals surface area contributed by atoms with Crippen LogP contribution in [0, 0.1) is 0 Å². The SMILES string of the molecule is CC(C)(C)OC(=O)COc1cccc(CN(Cc2ccc(-c3ncccn3)cc2)S(=O)(=O)c2ccccn2)c1. The molecular formula is C29H30N4O5S. The number of aromatic nitrogens is 3. The van der Waals surface area contributed by atoms with Gasteiger partial charge in [0.15, 0.2) is 17.5 Å². The van der Waals surface area contributed by atoms with Crippen molar-refractivity contribution in [3.05, 3.63) is 103 Å². The zero-order valence-corrected chi connectivity index (χ0v) is 22.8. The van der Waals surface area contributed by atoms with E-state index in [-0.39, 0.29) is 24.7 Å². The van der Waals surface area contributed by atoms with Gasteiger partial charge in [0.05, 0.1) is 0 Å². The van der Waals surface area contributed by atoms with Gasteiger partial charge >= 0.3 is 5.97 Å². The molecule has 0 aliphatic carbocycles. The second-order valence-corrected chi connectivity index (χ2v) is 11.6. The average molecular weight is 547 g/mol. The molecule has 0 saturated carbocycles. The number of esters is 1. The van der Waals surface area contributed by atoms with Gasteiger partial charge < -0.3 is 9.47 Å². The van der Waals surface area contributed by atoms with Gasteiger partial charge in [-0.25, -0.2) is 28.2 Å². The highest BCUT2D eigenvalue weighted by Gasteiger charge is 2.26. The Balaban J connectivity index is 1.55. The molecule has 0 unspecified atom stereocenters. The normalized spacial score (nSPS) is 11.8. The van der Waals surface area contributed by atoms with Crippen molar-refractivity contribution in [3.8, 4) is 17.1 Å². The smallest absolute Gasteiger partial charge is 0.344 e. The molecule has 4 aromatic rings. The standard InChI is InChI=1S/C29H30N4O5S/c1-29(2,3)38-27(34)21-37-25-9-6-8-23(18-25)20-33(39(35,36)26-10-4-5-15-30-26)19-22-11-13-24(14-12-22)28-31-16-7-17-32-28/h4-18H,19-21H2,1-3H3. The summed E-state index contributed by atoms with van der Waals surface area (Å²) in [7, 11) is -3.94. The molecule has 0 aliphatic rings. The van der Waals surface area contributed by atoms with Crippen molar-refractivity contribution in [1.82, 2.24) is 19.3 Å². The van der Waals surface area contributed by atoms with Crippen LogP contribution in [0.2, 0.25) is 0 Å². The van der Waals surface area contributed by atoms with Crippen LogP contribution in [-0.2, 0) is 32.6 Å². The van der Waals surface area contributed by atoms with Crippen molar-refractivity contribution in [1.29, 1.82) is 0 Å². The molecule has 9 nitrogen and oxygen atoms in total. The fourth-order valence-corrected chi connectivity index (χ4v) is 5.07. The lowest BCUT2D eigenvalue weighted by Crippen LogP contribution is -2.31. The molecule has 2 aromatic heterocycles. The topological polar surface area (TPSA) is 112 Å². The lowest BCUT2D eigenvalue weighted by atomic mass is 10.1. The Labute approximate surface area is 228 Å². The number of benzene rings is 2. The molecule has 0 radical (unpaired) electrons. The van der Waals surface area contributed by atoms with Crippen molar-refractivity contribution in [3.63, 3.8) is 0 Å². The number of ether oxygens (including phenoxy) is 2. The Morgan fingerprint density at radius 3 is 2.18 bits per heavy atom. The molecular weight excluding hydrogens is 516 g/mol. The highest BCUT2D eigenvalue weighted by molar-refractivity contribution is 7.89. The van der Waals surface area contributed by atoms with Gasteiger partial charge in [-0.1, -0.05) is 42.5 Å². The van der Waals surface area contributed by atoms with Crippen molar-refractivity contribution >= 4 is 16.0 Å². The van der Waals surface area contributed by atoms with Crippen molar-refractivity contribution in [2.75, 3.05) is 6.61 Å². The van der Waals surface area contributed by atoms with Gasteiger partial charge in [-0.15, -0.1) is 0 Å². The van der Waals surface area contributed by atoms with Crippen LogP contribution in [-0.4, -0.2) is 45.9 Å². The number of hydrogen-bond donors (Lipinski definition) is 0. The first-order valence-electron chi connectivity index (χ1n) is 12.3. The summed E-state index contributed by atoms with van der Waals surface area (Å²) in [5.74, 6) is 0.530. The van der Waals surface area contributed by atoms with E-state index in [9.17, 15) is 13.2 Å². The summed E-state index contributed by atoms with van der Waals surface area (Å²) in [6, 6.07) is 20.9. The second-order valence-electron chi connectivity index (χ2n) is 9.73. The first-order chi connectivity index (χ1) is 18.6. The van der Waals surface area contributed by atoms with E-state index in [0.29, 0.717) is 17.1 Å². The summed E-state index contributed by atoms with van der Waals surface area (Å²) in [6.45, 7) is 5.26. The minimum absolute atomic E-state index is 0.0448. The fraction of sp³-hybridized carbons (Fsp3) is 0.241. The number of nitrogens with zero attached hydrogens (tertiary/aromatic N) is 4. The monoisotopic (exact) mass is 546 g/mol. The number of pyridine rings is 1. The van der Waals surface area contributed by atoms with Crippen LogP contribution in [0.5, 0.6) is 5.75 Å². The van der Waals surface area contributed by atoms with Crippen molar-refractivity contribution in [2.24, 2.45) is 0 Å². The summed E-state index contributed by atoms with van der Waals surface area (Å²) in [5, 5.41) is -0.0448. The van der Waals surface area contributed by atoms with E-state index in [2.05, 4.69) is 15.0 Å². The maximum atomic E-state index is 13.6. The summed E-state index contributed by atoms with van der Waals surface area (Å²) < 4.78 is 39.5. The molecule has 202 valence electrons. The zero-order chi connectivity index (χ0) is 27.9. The molecule has 0 atom stereocenters. The van der Waals surface area contributed by atoms with Crippen LogP contribution in [0.1, 0.15) is 31.9 Å². The number of carbonyl (C=O) groups is 1. The van der Waals surface area contributed by atoms with Crippen LogP contribution >= 0.6 is 0 Å². The lowest BCUT2D eigenvalue weighted by molar-refractivity contribution is -0.157. The third kappa shape index (κ3) is 7.92. The number of sulfonamides is 1. The van der Waals surface area contributed by atoms with Gasteiger partial charge in [-0.05, 0) is 62.2 Å². The quantitative estimate of drug-likeness (QED) is 0.264. The van der Waals surface area contributed by atoms with E-state index in [1.165, 1.54) is 16.6 Å². The third-order valence-electron chi connectivity index (χ3n) is 5.41. The maximum absolute atomic E-state index is 13.6. The molecule has 0 saturated heterocycles. The molecule has 0 fully saturated rings. The molecule has 0 aliphatic heterocycles. The van der Waals surface area contributed by atoms with Crippen LogP contribution in [0.25, 0.3) is 11.4 Å². The average Bonchev–Trinajstić information content (AvgIpc) is 2.92. The van der Waals surface area contributed by atoms with Crippen LogP contribution in [0.4, 0.5) is 0 Å². The zero-order valence-electron chi connectivity index (χ0n) is 22.0. The van der Waals surface area contributed by atoms with Gasteiger partial charge in [0.2, 0.25) is 0 Å². The molecule has 2 heterocycles. The highest BCUT2D eigenvalue weighted by Crippen LogP contribution is 2.23. The Bertz CT molecular complexity index is 1490. The maximum Gasteiger partial charge on any atom is 0.344 e. The van der Waals surface area contributed by atoms with Gasteiger partial charge in [-0.3, -0.25) is 0 Å². The molecule has 4 rings (SSSR count). The number of rotatable bonds is 10. The van der Waals surface area contributed by atoms with Crippen LogP contribution < -0.4 is 4.74 Å². The molecule has 39 heavy (non-hydrogen) atoms. The summed E-state index contributed by atoms with van der Waals surface area (Å²) >= 11 is 0. The lowest BCUT2D eigenvalue weighted by Gasteiger charge is -2.22. The Morgan fingerprint density at radius 1 is 0.821 bits per heavy atom. The number of carbonyl (C=O) groups excluding carboxylic acids is 1. The molecule has 2 aromatic carbocycles. The fourth-order valence-electron chi connectivity index (χ4n) is 3.72. The van der Waals surface area contributed by atoms with E-state index in [1.54, 1.807) is 75.6 Å². The minimum Gasteiger partial charge on any atom is -0.482 e. The van der Waals surface area contributed by atoms with E-state index in [1.807, 2.05) is 24.3 Å². The van der Waals surface area contributed by atoms with Gasteiger partial charge in [0.1, 0.15) is 11.4 Å². The van der Waals surface area contributed by atoms with Gasteiger partial charge in [0.25, 0.3) is 10.0 Å². The summed E-state index contributed by atoms with van der Waals surface area (Å²) in [6.07, 6.45) is 4.79. The van der Waals surface area contributed by atoms with Gasteiger partial charge in [0, 0.05) is 37.2 Å². The van der Waals surface area contributed by atoms with Crippen molar-refractivity contribution in [2.45, 2.75) is 44.5 Å². The largest absolute Gasteiger partial charge is 0.482 e. The molecule has 10 heteroatoms. The summed E-state index contributed by atoms with van der Waals surface area (Å²) in [4.78, 5) is 24.7. The van der Waals surface area contributed by atoms with Gasteiger partial charge in [-0.2, -0.15) is 4.31 Å². The Kier molecular flexibility index (Phi) is 8.68. The van der Waals surface area contributed by atoms with E-state index >= 15 is 0 Å². The van der Waals surface area contributed by atoms with Crippen molar-refractivity contribution < 1.29 is 22.7 Å². The van der Waals surface area contributed by atoms with E-state index < -0.39 is 21.6 Å². The van der Waals surface area contributed by atoms with E-state index in [4.69, 9.17) is 9.47 Å². The molecule has 0 amide bonds. The molecule has 0 N–H and O–H groups in total. The second kappa shape index (κ2) is 12.1.